The number of rotatable bonds is 4. The Hall–Kier alpha value is -2.20. The van der Waals surface area contributed by atoms with E-state index in [2.05, 4.69) is 24.1 Å². The second-order valence-electron chi connectivity index (χ2n) is 6.93. The number of nitrogen functional groups attached to an aromatic ring is 1. The van der Waals surface area contributed by atoms with Crippen molar-refractivity contribution in [2.75, 3.05) is 22.5 Å². The van der Waals surface area contributed by atoms with Crippen molar-refractivity contribution in [2.24, 2.45) is 0 Å². The number of aryl methyl sites for hydroxylation is 1. The van der Waals surface area contributed by atoms with E-state index in [9.17, 15) is 4.79 Å². The zero-order valence-corrected chi connectivity index (χ0v) is 16.1. The minimum atomic E-state index is -0.169. The van der Waals surface area contributed by atoms with Gasteiger partial charge in [0, 0.05) is 18.2 Å². The number of benzene rings is 2. The molecular formula is C21H26ClN3O. The van der Waals surface area contributed by atoms with Gasteiger partial charge in [-0.1, -0.05) is 30.7 Å². The quantitative estimate of drug-likeness (QED) is 0.733. The number of halogens is 1. The van der Waals surface area contributed by atoms with Crippen molar-refractivity contribution in [1.29, 1.82) is 0 Å². The first-order valence-corrected chi connectivity index (χ1v) is 9.63. The van der Waals surface area contributed by atoms with Crippen LogP contribution in [-0.2, 0) is 6.42 Å². The topological polar surface area (TPSA) is 58.4 Å². The molecule has 26 heavy (non-hydrogen) atoms. The van der Waals surface area contributed by atoms with Crippen molar-refractivity contribution in [3.8, 4) is 0 Å². The Morgan fingerprint density at radius 1 is 1.27 bits per heavy atom. The third kappa shape index (κ3) is 3.96. The van der Waals surface area contributed by atoms with Crippen LogP contribution in [0.3, 0.4) is 0 Å². The molecule has 0 bridgehead atoms. The van der Waals surface area contributed by atoms with Crippen molar-refractivity contribution in [3.63, 3.8) is 0 Å². The Bertz CT molecular complexity index is 789. The first kappa shape index (κ1) is 18.6. The van der Waals surface area contributed by atoms with Gasteiger partial charge in [0.15, 0.2) is 0 Å². The Balaban J connectivity index is 1.84. The van der Waals surface area contributed by atoms with Crippen LogP contribution in [0.15, 0.2) is 36.4 Å². The molecule has 1 aliphatic heterocycles. The van der Waals surface area contributed by atoms with Crippen LogP contribution in [0.1, 0.15) is 49.0 Å². The highest BCUT2D eigenvalue weighted by Crippen LogP contribution is 2.36. The van der Waals surface area contributed by atoms with Crippen molar-refractivity contribution in [3.05, 3.63) is 52.5 Å². The standard InChI is InChI=1S/C21H26ClN3O/c1-3-15-7-9-16(10-8-15)21(26)24-19-13-20(18(23)12-17(19)22)25-11-5-4-6-14(25)2/h7-10,12-14H,3-6,11,23H2,1-2H3,(H,24,26)/t14-/m1/s1. The molecule has 0 unspecified atom stereocenters. The van der Waals surface area contributed by atoms with Crippen LogP contribution >= 0.6 is 11.6 Å². The molecule has 0 aliphatic carbocycles. The summed E-state index contributed by atoms with van der Waals surface area (Å²) in [6.45, 7) is 5.27. The molecular weight excluding hydrogens is 346 g/mol. The van der Waals surface area contributed by atoms with Gasteiger partial charge in [-0.25, -0.2) is 0 Å². The summed E-state index contributed by atoms with van der Waals surface area (Å²) in [7, 11) is 0. The molecule has 4 nitrogen and oxygen atoms in total. The van der Waals surface area contributed by atoms with Crippen LogP contribution in [0.25, 0.3) is 0 Å². The summed E-state index contributed by atoms with van der Waals surface area (Å²) in [5.74, 6) is -0.169. The third-order valence-corrected chi connectivity index (χ3v) is 5.41. The fourth-order valence-electron chi connectivity index (χ4n) is 3.46. The minimum Gasteiger partial charge on any atom is -0.397 e. The molecule has 2 aromatic carbocycles. The van der Waals surface area contributed by atoms with Crippen LogP contribution in [0.2, 0.25) is 5.02 Å². The zero-order chi connectivity index (χ0) is 18.7. The van der Waals surface area contributed by atoms with E-state index in [-0.39, 0.29) is 5.91 Å². The van der Waals surface area contributed by atoms with Gasteiger partial charge in [-0.3, -0.25) is 4.79 Å². The fourth-order valence-corrected chi connectivity index (χ4v) is 3.68. The number of anilines is 3. The van der Waals surface area contributed by atoms with Crippen LogP contribution in [-0.4, -0.2) is 18.5 Å². The summed E-state index contributed by atoms with van der Waals surface area (Å²) in [6, 6.07) is 11.7. The summed E-state index contributed by atoms with van der Waals surface area (Å²) in [4.78, 5) is 14.9. The van der Waals surface area contributed by atoms with E-state index in [0.717, 1.165) is 31.5 Å². The summed E-state index contributed by atoms with van der Waals surface area (Å²) in [5, 5.41) is 3.39. The number of hydrogen-bond acceptors (Lipinski definition) is 3. The second-order valence-corrected chi connectivity index (χ2v) is 7.34. The van der Waals surface area contributed by atoms with Crippen LogP contribution in [0.5, 0.6) is 0 Å². The first-order chi connectivity index (χ1) is 12.5. The minimum absolute atomic E-state index is 0.169. The van der Waals surface area contributed by atoms with Gasteiger partial charge in [-0.2, -0.15) is 0 Å². The average Bonchev–Trinajstić information content (AvgIpc) is 2.64. The highest BCUT2D eigenvalue weighted by Gasteiger charge is 2.22. The van der Waals surface area contributed by atoms with Gasteiger partial charge in [0.25, 0.3) is 5.91 Å². The van der Waals surface area contributed by atoms with Crippen LogP contribution < -0.4 is 16.0 Å². The van der Waals surface area contributed by atoms with E-state index < -0.39 is 0 Å². The number of carbonyl (C=O) groups is 1. The van der Waals surface area contributed by atoms with Gasteiger partial charge in [0.05, 0.1) is 22.1 Å². The lowest BCUT2D eigenvalue weighted by molar-refractivity contribution is 0.102. The maximum absolute atomic E-state index is 12.6. The number of nitrogens with one attached hydrogen (secondary N) is 1. The molecule has 1 atom stereocenters. The number of nitrogens with two attached hydrogens (primary N) is 1. The molecule has 1 aliphatic rings. The molecule has 0 spiro atoms. The van der Waals surface area contributed by atoms with E-state index in [1.54, 1.807) is 6.07 Å². The molecule has 2 aromatic rings. The lowest BCUT2D eigenvalue weighted by Gasteiger charge is -2.36. The normalized spacial score (nSPS) is 17.2. The van der Waals surface area contributed by atoms with E-state index >= 15 is 0 Å². The molecule has 0 radical (unpaired) electrons. The van der Waals surface area contributed by atoms with Gasteiger partial charge in [-0.15, -0.1) is 0 Å². The number of hydrogen-bond donors (Lipinski definition) is 2. The molecule has 1 heterocycles. The lowest BCUT2D eigenvalue weighted by Crippen LogP contribution is -2.37. The van der Waals surface area contributed by atoms with Crippen LogP contribution in [0.4, 0.5) is 17.1 Å². The SMILES string of the molecule is CCc1ccc(C(=O)Nc2cc(N3CCCC[C@H]3C)c(N)cc2Cl)cc1. The predicted octanol–water partition coefficient (Wildman–Crippen LogP) is 5.12. The monoisotopic (exact) mass is 371 g/mol. The van der Waals surface area contributed by atoms with E-state index in [0.29, 0.717) is 28.0 Å². The molecule has 1 saturated heterocycles. The molecule has 1 amide bonds. The Morgan fingerprint density at radius 3 is 2.65 bits per heavy atom. The molecule has 5 heteroatoms. The summed E-state index contributed by atoms with van der Waals surface area (Å²) < 4.78 is 0. The van der Waals surface area contributed by atoms with E-state index in [1.165, 1.54) is 12.0 Å². The Kier molecular flexibility index (Phi) is 5.72. The molecule has 3 N–H and O–H groups in total. The highest BCUT2D eigenvalue weighted by molar-refractivity contribution is 6.34. The van der Waals surface area contributed by atoms with Crippen molar-refractivity contribution < 1.29 is 4.79 Å². The number of nitrogens with zero attached hydrogens (tertiary/aromatic N) is 1. The number of carbonyl (C=O) groups excluding carboxylic acids is 1. The smallest absolute Gasteiger partial charge is 0.255 e. The van der Waals surface area contributed by atoms with Crippen molar-refractivity contribution in [1.82, 2.24) is 0 Å². The number of piperidine rings is 1. The van der Waals surface area contributed by atoms with Crippen molar-refractivity contribution in [2.45, 2.75) is 45.6 Å². The third-order valence-electron chi connectivity index (χ3n) is 5.10. The Morgan fingerprint density at radius 2 is 2.00 bits per heavy atom. The lowest BCUT2D eigenvalue weighted by atomic mass is 10.0. The highest BCUT2D eigenvalue weighted by atomic mass is 35.5. The van der Waals surface area contributed by atoms with Gasteiger partial charge < -0.3 is 16.0 Å². The fraction of sp³-hybridized carbons (Fsp3) is 0.381. The van der Waals surface area contributed by atoms with E-state index in [4.69, 9.17) is 17.3 Å². The summed E-state index contributed by atoms with van der Waals surface area (Å²) in [6.07, 6.45) is 4.48. The van der Waals surface area contributed by atoms with Gasteiger partial charge in [-0.05, 0) is 62.4 Å². The second kappa shape index (κ2) is 8.00. The number of amides is 1. The average molecular weight is 372 g/mol. The van der Waals surface area contributed by atoms with Gasteiger partial charge >= 0.3 is 0 Å². The molecule has 1 fully saturated rings. The predicted molar refractivity (Wildman–Crippen MR) is 110 cm³/mol. The zero-order valence-electron chi connectivity index (χ0n) is 15.4. The summed E-state index contributed by atoms with van der Waals surface area (Å²) in [5.41, 5.74) is 10.2. The van der Waals surface area contributed by atoms with Gasteiger partial charge in [0.2, 0.25) is 0 Å². The molecule has 0 aromatic heterocycles. The maximum atomic E-state index is 12.6. The molecule has 3 rings (SSSR count). The van der Waals surface area contributed by atoms with Crippen LogP contribution in [0, 0.1) is 0 Å². The van der Waals surface area contributed by atoms with E-state index in [1.807, 2.05) is 30.3 Å². The molecule has 0 saturated carbocycles. The first-order valence-electron chi connectivity index (χ1n) is 9.25. The maximum Gasteiger partial charge on any atom is 0.255 e. The van der Waals surface area contributed by atoms with Crippen molar-refractivity contribution >= 4 is 34.6 Å². The largest absolute Gasteiger partial charge is 0.397 e. The molecule has 138 valence electrons. The summed E-state index contributed by atoms with van der Waals surface area (Å²) >= 11 is 6.34. The Labute approximate surface area is 160 Å². The van der Waals surface area contributed by atoms with Gasteiger partial charge in [0.1, 0.15) is 0 Å².